The molecule has 3 rings (SSSR count). The number of amides is 2. The first-order chi connectivity index (χ1) is 8.70. The first-order valence-corrected chi connectivity index (χ1v) is 6.41. The predicted octanol–water partition coefficient (Wildman–Crippen LogP) is 1.54. The molecule has 0 radical (unpaired) electrons. The van der Waals surface area contributed by atoms with Crippen molar-refractivity contribution in [3.63, 3.8) is 0 Å². The summed E-state index contributed by atoms with van der Waals surface area (Å²) in [5, 5.41) is 0. The van der Waals surface area contributed by atoms with Crippen LogP contribution in [0.1, 0.15) is 25.3 Å². The van der Waals surface area contributed by atoms with E-state index in [4.69, 9.17) is 0 Å². The fraction of sp³-hybridized carbons (Fsp3) is 0.429. The average Bonchev–Trinajstić information content (AvgIpc) is 2.89. The number of benzene rings is 1. The van der Waals surface area contributed by atoms with Crippen LogP contribution in [0.5, 0.6) is 0 Å². The van der Waals surface area contributed by atoms with E-state index in [0.29, 0.717) is 6.42 Å². The molecule has 2 amide bonds. The Labute approximate surface area is 106 Å². The van der Waals surface area contributed by atoms with Gasteiger partial charge in [-0.2, -0.15) is 0 Å². The summed E-state index contributed by atoms with van der Waals surface area (Å²) >= 11 is 0. The van der Waals surface area contributed by atoms with Crippen LogP contribution in [0.3, 0.4) is 0 Å². The van der Waals surface area contributed by atoms with Crippen molar-refractivity contribution < 1.29 is 9.59 Å². The maximum atomic E-state index is 12.0. The molecule has 18 heavy (non-hydrogen) atoms. The van der Waals surface area contributed by atoms with Crippen LogP contribution in [0, 0.1) is 0 Å². The molecule has 0 aliphatic carbocycles. The Bertz CT molecular complexity index is 495. The van der Waals surface area contributed by atoms with E-state index >= 15 is 0 Å². The molecule has 2 aliphatic rings. The lowest BCUT2D eigenvalue weighted by Gasteiger charge is -2.24. The molecule has 2 aliphatic heterocycles. The Morgan fingerprint density at radius 3 is 2.56 bits per heavy atom. The van der Waals surface area contributed by atoms with Crippen molar-refractivity contribution in [2.75, 3.05) is 11.4 Å². The molecule has 0 spiro atoms. The van der Waals surface area contributed by atoms with Crippen LogP contribution in [0.15, 0.2) is 24.3 Å². The molecule has 1 atom stereocenters. The summed E-state index contributed by atoms with van der Waals surface area (Å²) in [6.45, 7) is 2.34. The SMILES string of the molecule is CCc1ccc(N2C(=O)CN3C(=O)CCC32)cc1. The van der Waals surface area contributed by atoms with Gasteiger partial charge in [0.05, 0.1) is 0 Å². The predicted molar refractivity (Wildman–Crippen MR) is 68.0 cm³/mol. The molecule has 4 nitrogen and oxygen atoms in total. The molecule has 0 bridgehead atoms. The van der Waals surface area contributed by atoms with Gasteiger partial charge in [-0.15, -0.1) is 0 Å². The van der Waals surface area contributed by atoms with Gasteiger partial charge in [-0.05, 0) is 30.5 Å². The zero-order valence-corrected chi connectivity index (χ0v) is 10.4. The molecule has 0 N–H and O–H groups in total. The smallest absolute Gasteiger partial charge is 0.248 e. The van der Waals surface area contributed by atoms with Crippen molar-refractivity contribution in [2.24, 2.45) is 0 Å². The van der Waals surface area contributed by atoms with E-state index < -0.39 is 0 Å². The third kappa shape index (κ3) is 1.60. The zero-order chi connectivity index (χ0) is 12.7. The summed E-state index contributed by atoms with van der Waals surface area (Å²) in [4.78, 5) is 27.1. The Hall–Kier alpha value is -1.84. The Kier molecular flexibility index (Phi) is 2.58. The van der Waals surface area contributed by atoms with Crippen LogP contribution < -0.4 is 4.90 Å². The Morgan fingerprint density at radius 2 is 1.89 bits per heavy atom. The van der Waals surface area contributed by atoms with Crippen LogP contribution in [-0.4, -0.2) is 29.4 Å². The van der Waals surface area contributed by atoms with Crippen LogP contribution >= 0.6 is 0 Å². The summed E-state index contributed by atoms with van der Waals surface area (Å²) in [6, 6.07) is 8.04. The normalized spacial score (nSPS) is 22.8. The highest BCUT2D eigenvalue weighted by Crippen LogP contribution is 2.32. The first kappa shape index (κ1) is 11.3. The second kappa shape index (κ2) is 4.12. The molecule has 4 heteroatoms. The van der Waals surface area contributed by atoms with Crippen LogP contribution in [0.2, 0.25) is 0 Å². The number of hydrogen-bond donors (Lipinski definition) is 0. The van der Waals surface area contributed by atoms with Crippen LogP contribution in [0.4, 0.5) is 5.69 Å². The van der Waals surface area contributed by atoms with Crippen molar-refractivity contribution in [3.05, 3.63) is 29.8 Å². The molecular weight excluding hydrogens is 228 g/mol. The van der Waals surface area contributed by atoms with Gasteiger partial charge in [0.1, 0.15) is 12.7 Å². The van der Waals surface area contributed by atoms with Gasteiger partial charge in [-0.25, -0.2) is 0 Å². The van der Waals surface area contributed by atoms with E-state index in [-0.39, 0.29) is 24.5 Å². The number of carbonyl (C=O) groups excluding carboxylic acids is 2. The second-order valence-corrected chi connectivity index (χ2v) is 4.82. The highest BCUT2D eigenvalue weighted by atomic mass is 16.2. The lowest BCUT2D eigenvalue weighted by Crippen LogP contribution is -2.36. The van der Waals surface area contributed by atoms with Gasteiger partial charge in [0.15, 0.2) is 0 Å². The van der Waals surface area contributed by atoms with Gasteiger partial charge < -0.3 is 4.90 Å². The average molecular weight is 244 g/mol. The van der Waals surface area contributed by atoms with Crippen LogP contribution in [0.25, 0.3) is 0 Å². The summed E-state index contributed by atoms with van der Waals surface area (Å²) in [5.74, 6) is 0.123. The number of carbonyl (C=O) groups is 2. The monoisotopic (exact) mass is 244 g/mol. The first-order valence-electron chi connectivity index (χ1n) is 6.41. The van der Waals surface area contributed by atoms with Gasteiger partial charge in [0.2, 0.25) is 11.8 Å². The molecule has 94 valence electrons. The number of rotatable bonds is 2. The lowest BCUT2D eigenvalue weighted by molar-refractivity contribution is -0.129. The molecule has 0 saturated carbocycles. The summed E-state index contributed by atoms with van der Waals surface area (Å²) in [6.07, 6.45) is 2.24. The molecule has 1 aromatic carbocycles. The van der Waals surface area contributed by atoms with Crippen LogP contribution in [-0.2, 0) is 16.0 Å². The zero-order valence-electron chi connectivity index (χ0n) is 10.4. The maximum absolute atomic E-state index is 12.0. The highest BCUT2D eigenvalue weighted by Gasteiger charge is 2.44. The van der Waals surface area contributed by atoms with Gasteiger partial charge >= 0.3 is 0 Å². The van der Waals surface area contributed by atoms with Crippen molar-refractivity contribution >= 4 is 17.5 Å². The van der Waals surface area contributed by atoms with Crippen molar-refractivity contribution in [2.45, 2.75) is 32.4 Å². The number of nitrogens with zero attached hydrogens (tertiary/aromatic N) is 2. The number of anilines is 1. The topological polar surface area (TPSA) is 40.6 Å². The van der Waals surface area contributed by atoms with Crippen molar-refractivity contribution in [1.29, 1.82) is 0 Å². The molecule has 0 aromatic heterocycles. The van der Waals surface area contributed by atoms with Crippen molar-refractivity contribution in [3.8, 4) is 0 Å². The van der Waals surface area contributed by atoms with Gasteiger partial charge in [-0.1, -0.05) is 19.1 Å². The molecule has 1 unspecified atom stereocenters. The number of fused-ring (bicyclic) bond motifs is 1. The van der Waals surface area contributed by atoms with E-state index in [0.717, 1.165) is 18.5 Å². The van der Waals surface area contributed by atoms with E-state index in [9.17, 15) is 9.59 Å². The lowest BCUT2D eigenvalue weighted by atomic mass is 10.1. The van der Waals surface area contributed by atoms with Gasteiger partial charge in [0, 0.05) is 12.1 Å². The summed E-state index contributed by atoms with van der Waals surface area (Å²) < 4.78 is 0. The van der Waals surface area contributed by atoms with E-state index in [1.54, 1.807) is 9.80 Å². The quantitative estimate of drug-likeness (QED) is 0.792. The van der Waals surface area contributed by atoms with Crippen molar-refractivity contribution in [1.82, 2.24) is 4.90 Å². The number of aryl methyl sites for hydroxylation is 1. The third-order valence-electron chi connectivity index (χ3n) is 3.79. The fourth-order valence-electron chi connectivity index (χ4n) is 2.78. The van der Waals surface area contributed by atoms with Gasteiger partial charge in [0.25, 0.3) is 0 Å². The minimum absolute atomic E-state index is 0.0253. The molecular formula is C14H16N2O2. The van der Waals surface area contributed by atoms with E-state index in [1.165, 1.54) is 5.56 Å². The van der Waals surface area contributed by atoms with E-state index in [2.05, 4.69) is 6.92 Å². The fourth-order valence-corrected chi connectivity index (χ4v) is 2.78. The Morgan fingerprint density at radius 1 is 1.17 bits per heavy atom. The molecule has 1 aromatic rings. The number of hydrogen-bond acceptors (Lipinski definition) is 2. The minimum Gasteiger partial charge on any atom is -0.312 e. The van der Waals surface area contributed by atoms with Gasteiger partial charge in [-0.3, -0.25) is 14.5 Å². The third-order valence-corrected chi connectivity index (χ3v) is 3.79. The highest BCUT2D eigenvalue weighted by molar-refractivity contribution is 6.02. The van der Waals surface area contributed by atoms with E-state index in [1.807, 2.05) is 24.3 Å². The maximum Gasteiger partial charge on any atom is 0.248 e. The standard InChI is InChI=1S/C14H16N2O2/c1-2-10-3-5-11(6-4-10)16-12-7-8-13(17)15(12)9-14(16)18/h3-6,12H,2,7-9H2,1H3. The molecule has 2 heterocycles. The summed E-state index contributed by atoms with van der Waals surface area (Å²) in [5.41, 5.74) is 2.16. The largest absolute Gasteiger partial charge is 0.312 e. The minimum atomic E-state index is -0.0579. The second-order valence-electron chi connectivity index (χ2n) is 4.82. The molecule has 2 fully saturated rings. The Balaban J connectivity index is 1.90. The summed E-state index contributed by atoms with van der Waals surface area (Å²) in [7, 11) is 0. The molecule has 2 saturated heterocycles.